The summed E-state index contributed by atoms with van der Waals surface area (Å²) in [6, 6.07) is 28.5. The SMILES string of the molecule is Oc1c(O)c(O)c(N(c2ccc(-c3ccc(Br)cc3)cc2)c2ccc3ccccc3c2)c(O)c1O. The zero-order chi connectivity index (χ0) is 24.7. The second kappa shape index (κ2) is 8.77. The Morgan fingerprint density at radius 1 is 0.486 bits per heavy atom. The van der Waals surface area contributed by atoms with Gasteiger partial charge in [-0.05, 0) is 58.3 Å². The first kappa shape index (κ1) is 22.4. The molecule has 0 aliphatic heterocycles. The molecule has 0 aliphatic rings. The predicted molar refractivity (Wildman–Crippen MR) is 140 cm³/mol. The van der Waals surface area contributed by atoms with Crippen molar-refractivity contribution in [1.82, 2.24) is 0 Å². The molecule has 0 heterocycles. The zero-order valence-corrected chi connectivity index (χ0v) is 19.8. The Labute approximate surface area is 209 Å². The highest BCUT2D eigenvalue weighted by molar-refractivity contribution is 9.10. The van der Waals surface area contributed by atoms with Crippen LogP contribution < -0.4 is 4.90 Å². The fraction of sp³-hybridized carbons (Fsp3) is 0. The molecule has 0 radical (unpaired) electrons. The van der Waals surface area contributed by atoms with Gasteiger partial charge >= 0.3 is 0 Å². The molecule has 0 aromatic heterocycles. The first-order chi connectivity index (χ1) is 16.8. The predicted octanol–water partition coefficient (Wildman–Crippen LogP) is 7.27. The third-order valence-corrected chi connectivity index (χ3v) is 6.39. The molecule has 6 nitrogen and oxygen atoms in total. The van der Waals surface area contributed by atoms with Crippen LogP contribution in [0.15, 0.2) is 95.5 Å². The molecule has 5 N–H and O–H groups in total. The van der Waals surface area contributed by atoms with Crippen LogP contribution >= 0.6 is 15.9 Å². The van der Waals surface area contributed by atoms with Gasteiger partial charge in [-0.3, -0.25) is 0 Å². The summed E-state index contributed by atoms with van der Waals surface area (Å²) in [5, 5.41) is 53.7. The number of phenolic OH excluding ortho intramolecular Hbond substituents is 5. The molecule has 0 bridgehead atoms. The summed E-state index contributed by atoms with van der Waals surface area (Å²) in [7, 11) is 0. The number of fused-ring (bicyclic) bond motifs is 1. The van der Waals surface area contributed by atoms with Gasteiger partial charge in [-0.25, -0.2) is 0 Å². The summed E-state index contributed by atoms with van der Waals surface area (Å²) in [6.07, 6.45) is 0. The molecule has 0 spiro atoms. The normalized spacial score (nSPS) is 11.0. The van der Waals surface area contributed by atoms with E-state index in [0.29, 0.717) is 11.4 Å². The lowest BCUT2D eigenvalue weighted by molar-refractivity contribution is 0.329. The maximum atomic E-state index is 10.7. The number of anilines is 3. The van der Waals surface area contributed by atoms with E-state index in [1.807, 2.05) is 72.8 Å². The van der Waals surface area contributed by atoms with Gasteiger partial charge in [-0.1, -0.05) is 70.5 Å². The maximum absolute atomic E-state index is 10.7. The van der Waals surface area contributed by atoms with E-state index in [1.54, 1.807) is 18.2 Å². The van der Waals surface area contributed by atoms with E-state index in [1.165, 1.54) is 4.90 Å². The summed E-state index contributed by atoms with van der Waals surface area (Å²) in [5.74, 6) is -4.43. The number of hydrogen-bond donors (Lipinski definition) is 5. The molecule has 0 saturated carbocycles. The molecule has 7 heteroatoms. The first-order valence-electron chi connectivity index (χ1n) is 10.7. The van der Waals surface area contributed by atoms with Crippen LogP contribution in [0, 0.1) is 0 Å². The van der Waals surface area contributed by atoms with Crippen LogP contribution in [0.3, 0.4) is 0 Å². The molecule has 0 amide bonds. The summed E-state index contributed by atoms with van der Waals surface area (Å²) < 4.78 is 0.971. The first-order valence-corrected chi connectivity index (χ1v) is 11.5. The largest absolute Gasteiger partial charge is 0.503 e. The van der Waals surface area contributed by atoms with E-state index in [9.17, 15) is 25.5 Å². The molecular formula is C28H20BrNO5. The van der Waals surface area contributed by atoms with Crippen molar-refractivity contribution in [3.05, 3.63) is 95.5 Å². The molecule has 0 unspecified atom stereocenters. The van der Waals surface area contributed by atoms with E-state index >= 15 is 0 Å². The van der Waals surface area contributed by atoms with Crippen molar-refractivity contribution in [3.63, 3.8) is 0 Å². The Bertz CT molecular complexity index is 1520. The number of benzene rings is 5. The average molecular weight is 530 g/mol. The maximum Gasteiger partial charge on any atom is 0.208 e. The van der Waals surface area contributed by atoms with Gasteiger partial charge in [0.2, 0.25) is 17.2 Å². The Morgan fingerprint density at radius 3 is 1.57 bits per heavy atom. The molecule has 5 rings (SSSR count). The van der Waals surface area contributed by atoms with Crippen LogP contribution in [0.4, 0.5) is 17.1 Å². The van der Waals surface area contributed by atoms with E-state index < -0.39 is 28.7 Å². The van der Waals surface area contributed by atoms with Crippen molar-refractivity contribution >= 4 is 43.8 Å². The molecule has 174 valence electrons. The van der Waals surface area contributed by atoms with Crippen molar-refractivity contribution < 1.29 is 25.5 Å². The van der Waals surface area contributed by atoms with Crippen molar-refractivity contribution in [3.8, 4) is 39.9 Å². The van der Waals surface area contributed by atoms with Gasteiger partial charge in [0.1, 0.15) is 5.69 Å². The lowest BCUT2D eigenvalue weighted by atomic mass is 10.0. The molecule has 0 fully saturated rings. The minimum Gasteiger partial charge on any atom is -0.503 e. The summed E-state index contributed by atoms with van der Waals surface area (Å²) in [5.41, 5.74) is 2.77. The monoisotopic (exact) mass is 529 g/mol. The highest BCUT2D eigenvalue weighted by Crippen LogP contribution is 2.58. The van der Waals surface area contributed by atoms with E-state index in [2.05, 4.69) is 15.9 Å². The Kier molecular flexibility index (Phi) is 5.62. The number of hydrogen-bond acceptors (Lipinski definition) is 6. The highest BCUT2D eigenvalue weighted by Gasteiger charge is 2.29. The van der Waals surface area contributed by atoms with Crippen LogP contribution in [0.1, 0.15) is 0 Å². The highest BCUT2D eigenvalue weighted by atomic mass is 79.9. The summed E-state index contributed by atoms with van der Waals surface area (Å²) in [4.78, 5) is 1.50. The van der Waals surface area contributed by atoms with Crippen LogP contribution in [-0.2, 0) is 0 Å². The lowest BCUT2D eigenvalue weighted by Crippen LogP contribution is -2.10. The number of aromatic hydroxyl groups is 5. The Morgan fingerprint density at radius 2 is 0.971 bits per heavy atom. The van der Waals surface area contributed by atoms with Crippen LogP contribution in [0.5, 0.6) is 28.7 Å². The quantitative estimate of drug-likeness (QED) is 0.124. The van der Waals surface area contributed by atoms with Crippen molar-refractivity contribution in [2.45, 2.75) is 0 Å². The molecule has 0 saturated heterocycles. The number of phenols is 5. The zero-order valence-electron chi connectivity index (χ0n) is 18.2. The number of nitrogens with zero attached hydrogens (tertiary/aromatic N) is 1. The molecule has 0 aliphatic carbocycles. The standard InChI is InChI=1S/C28H20BrNO5/c29-20-10-5-17(6-11-20)18-7-12-21(13-8-18)30(22-14-9-16-3-1-2-4-19(16)15-22)23-24(31)26(33)28(35)27(34)25(23)32/h1-15,31-35H. The van der Waals surface area contributed by atoms with Crippen molar-refractivity contribution in [2.24, 2.45) is 0 Å². The lowest BCUT2D eigenvalue weighted by Gasteiger charge is -2.28. The molecular weight excluding hydrogens is 510 g/mol. The van der Waals surface area contributed by atoms with Gasteiger partial charge < -0.3 is 30.4 Å². The second-order valence-electron chi connectivity index (χ2n) is 8.01. The van der Waals surface area contributed by atoms with Gasteiger partial charge in [-0.2, -0.15) is 0 Å². The van der Waals surface area contributed by atoms with Gasteiger partial charge in [-0.15, -0.1) is 0 Å². The van der Waals surface area contributed by atoms with Gasteiger partial charge in [0.05, 0.1) is 0 Å². The summed E-state index contributed by atoms with van der Waals surface area (Å²) in [6.45, 7) is 0. The number of halogens is 1. The van der Waals surface area contributed by atoms with Crippen LogP contribution in [-0.4, -0.2) is 25.5 Å². The number of rotatable bonds is 4. The Balaban J connectivity index is 1.71. The third-order valence-electron chi connectivity index (χ3n) is 5.86. The Hall–Kier alpha value is -4.36. The molecule has 5 aromatic rings. The second-order valence-corrected chi connectivity index (χ2v) is 8.93. The minimum atomic E-state index is -1.01. The van der Waals surface area contributed by atoms with Crippen LogP contribution in [0.25, 0.3) is 21.9 Å². The fourth-order valence-electron chi connectivity index (χ4n) is 4.05. The van der Waals surface area contributed by atoms with E-state index in [0.717, 1.165) is 26.4 Å². The van der Waals surface area contributed by atoms with E-state index in [4.69, 9.17) is 0 Å². The molecule has 35 heavy (non-hydrogen) atoms. The van der Waals surface area contributed by atoms with Crippen molar-refractivity contribution in [2.75, 3.05) is 4.90 Å². The minimum absolute atomic E-state index is 0.274. The molecule has 5 aromatic carbocycles. The average Bonchev–Trinajstić information content (AvgIpc) is 2.89. The van der Waals surface area contributed by atoms with Crippen LogP contribution in [0.2, 0.25) is 0 Å². The van der Waals surface area contributed by atoms with Crippen molar-refractivity contribution in [1.29, 1.82) is 0 Å². The van der Waals surface area contributed by atoms with Gasteiger partial charge in [0.25, 0.3) is 0 Å². The topological polar surface area (TPSA) is 104 Å². The van der Waals surface area contributed by atoms with E-state index in [-0.39, 0.29) is 5.69 Å². The molecule has 0 atom stereocenters. The smallest absolute Gasteiger partial charge is 0.208 e. The third kappa shape index (κ3) is 3.96. The summed E-state index contributed by atoms with van der Waals surface area (Å²) >= 11 is 3.44. The van der Waals surface area contributed by atoms with Gasteiger partial charge in [0.15, 0.2) is 11.5 Å². The fourth-order valence-corrected chi connectivity index (χ4v) is 4.32. The van der Waals surface area contributed by atoms with Gasteiger partial charge in [0, 0.05) is 15.8 Å².